The monoisotopic (exact) mass is 424 g/mol. The maximum Gasteiger partial charge on any atom is 0.347 e. The van der Waals surface area contributed by atoms with Gasteiger partial charge in [0.25, 0.3) is 0 Å². The summed E-state index contributed by atoms with van der Waals surface area (Å²) < 4.78 is 5.42. The van der Waals surface area contributed by atoms with Crippen LogP contribution in [0, 0.1) is 0 Å². The molecular formula is C27H24N2O3. The summed E-state index contributed by atoms with van der Waals surface area (Å²) in [5, 5.41) is 0. The topological polar surface area (TPSA) is 59.0 Å². The van der Waals surface area contributed by atoms with E-state index in [1.807, 2.05) is 42.5 Å². The molecule has 0 N–H and O–H groups in total. The van der Waals surface area contributed by atoms with E-state index in [0.29, 0.717) is 22.6 Å². The van der Waals surface area contributed by atoms with E-state index in [-0.39, 0.29) is 11.4 Å². The summed E-state index contributed by atoms with van der Waals surface area (Å²) in [7, 11) is 0. The van der Waals surface area contributed by atoms with Crippen LogP contribution in [0.15, 0.2) is 95.5 Å². The van der Waals surface area contributed by atoms with Crippen molar-refractivity contribution in [2.45, 2.75) is 13.8 Å². The average Bonchev–Trinajstić information content (AvgIpc) is 2.83. The zero-order chi connectivity index (χ0) is 22.5. The molecule has 0 heterocycles. The standard InChI is InChI=1S/C27H24N2O3/c1-3-29(4-2)20-16-14-19(15-17-20)28-25-18-24(26(30)23-13-9-8-12-22(23)25)27(31)32-21-10-6-5-7-11-21/h5-18H,3-4H2,1-2H3. The molecule has 4 rings (SSSR count). The van der Waals surface area contributed by atoms with E-state index < -0.39 is 5.97 Å². The second kappa shape index (κ2) is 9.43. The van der Waals surface area contributed by atoms with Gasteiger partial charge in [-0.15, -0.1) is 0 Å². The van der Waals surface area contributed by atoms with Crippen molar-refractivity contribution in [3.63, 3.8) is 0 Å². The molecule has 160 valence electrons. The summed E-state index contributed by atoms with van der Waals surface area (Å²) in [5.41, 5.74) is 3.52. The summed E-state index contributed by atoms with van der Waals surface area (Å²) in [5.74, 6) is -0.673. The number of esters is 1. The number of ether oxygens (including phenoxy) is 1. The molecule has 1 aliphatic carbocycles. The number of Topliss-reactive ketones (excluding diaryl/α,β-unsaturated/α-hetero) is 1. The van der Waals surface area contributed by atoms with Gasteiger partial charge in [-0.2, -0.15) is 0 Å². The first-order valence-corrected chi connectivity index (χ1v) is 10.7. The highest BCUT2D eigenvalue weighted by molar-refractivity contribution is 6.35. The molecule has 0 radical (unpaired) electrons. The van der Waals surface area contributed by atoms with Crippen molar-refractivity contribution >= 4 is 28.8 Å². The van der Waals surface area contributed by atoms with E-state index in [0.717, 1.165) is 24.5 Å². The highest BCUT2D eigenvalue weighted by Gasteiger charge is 2.29. The molecule has 0 aliphatic heterocycles. The Morgan fingerprint density at radius 3 is 2.12 bits per heavy atom. The van der Waals surface area contributed by atoms with Crippen LogP contribution in [0.1, 0.15) is 29.8 Å². The van der Waals surface area contributed by atoms with Crippen molar-refractivity contribution in [3.8, 4) is 5.75 Å². The second-order valence-corrected chi connectivity index (χ2v) is 7.32. The molecule has 3 aromatic rings. The van der Waals surface area contributed by atoms with Gasteiger partial charge in [0, 0.05) is 29.9 Å². The highest BCUT2D eigenvalue weighted by Crippen LogP contribution is 2.27. The number of allylic oxidation sites excluding steroid dienone is 1. The van der Waals surface area contributed by atoms with Crippen LogP contribution in [-0.2, 0) is 4.79 Å². The lowest BCUT2D eigenvalue weighted by Gasteiger charge is -2.21. The number of rotatable bonds is 6. The zero-order valence-corrected chi connectivity index (χ0v) is 18.1. The second-order valence-electron chi connectivity index (χ2n) is 7.32. The van der Waals surface area contributed by atoms with Gasteiger partial charge in [0.2, 0.25) is 5.78 Å². The van der Waals surface area contributed by atoms with Gasteiger partial charge in [-0.3, -0.25) is 4.79 Å². The number of hydrogen-bond acceptors (Lipinski definition) is 5. The number of fused-ring (bicyclic) bond motifs is 1. The molecule has 0 amide bonds. The van der Waals surface area contributed by atoms with Crippen LogP contribution in [0.25, 0.3) is 0 Å². The summed E-state index contributed by atoms with van der Waals surface area (Å²) in [6.07, 6.45) is 1.52. The normalized spacial score (nSPS) is 14.0. The maximum atomic E-state index is 13.0. The predicted octanol–water partition coefficient (Wildman–Crippen LogP) is 5.38. The zero-order valence-electron chi connectivity index (χ0n) is 18.1. The van der Waals surface area contributed by atoms with Crippen molar-refractivity contribution in [1.29, 1.82) is 0 Å². The van der Waals surface area contributed by atoms with Crippen LogP contribution in [0.5, 0.6) is 5.75 Å². The van der Waals surface area contributed by atoms with Crippen LogP contribution >= 0.6 is 0 Å². The Hall–Kier alpha value is -3.99. The number of hydrogen-bond donors (Lipinski definition) is 0. The predicted molar refractivity (Wildman–Crippen MR) is 127 cm³/mol. The third kappa shape index (κ3) is 4.37. The van der Waals surface area contributed by atoms with Gasteiger partial charge in [-0.25, -0.2) is 9.79 Å². The van der Waals surface area contributed by atoms with Crippen molar-refractivity contribution in [2.24, 2.45) is 4.99 Å². The summed E-state index contributed by atoms with van der Waals surface area (Å²) in [6.45, 7) is 6.09. The van der Waals surface area contributed by atoms with E-state index in [9.17, 15) is 9.59 Å². The van der Waals surface area contributed by atoms with Gasteiger partial charge in [-0.05, 0) is 56.3 Å². The Labute approximate surface area is 187 Å². The van der Waals surface area contributed by atoms with E-state index in [1.54, 1.807) is 36.4 Å². The molecule has 0 atom stereocenters. The number of carbonyl (C=O) groups is 2. The van der Waals surface area contributed by atoms with Crippen LogP contribution < -0.4 is 9.64 Å². The van der Waals surface area contributed by atoms with Crippen LogP contribution in [0.2, 0.25) is 0 Å². The molecule has 0 aromatic heterocycles. The van der Waals surface area contributed by atoms with Gasteiger partial charge in [-0.1, -0.05) is 42.5 Å². The summed E-state index contributed by atoms with van der Waals surface area (Å²) >= 11 is 0. The number of ketones is 1. The number of aliphatic imine (C=N–C) groups is 1. The average molecular weight is 425 g/mol. The highest BCUT2D eigenvalue weighted by atomic mass is 16.5. The molecule has 0 saturated heterocycles. The van der Waals surface area contributed by atoms with E-state index in [4.69, 9.17) is 9.73 Å². The smallest absolute Gasteiger partial charge is 0.347 e. The SMILES string of the molecule is CCN(CC)c1ccc(N=C2C=C(C(=O)Oc3ccccc3)C(=O)c3ccccc32)cc1. The first kappa shape index (κ1) is 21.2. The van der Waals surface area contributed by atoms with Gasteiger partial charge >= 0.3 is 5.97 Å². The summed E-state index contributed by atoms with van der Waals surface area (Å²) in [4.78, 5) is 32.8. The minimum absolute atomic E-state index is 0.0361. The Morgan fingerprint density at radius 2 is 1.47 bits per heavy atom. The molecule has 5 heteroatoms. The molecule has 0 bridgehead atoms. The van der Waals surface area contributed by atoms with Crippen molar-refractivity contribution in [3.05, 3.63) is 102 Å². The first-order chi connectivity index (χ1) is 15.6. The van der Waals surface area contributed by atoms with Crippen molar-refractivity contribution in [1.82, 2.24) is 0 Å². The van der Waals surface area contributed by atoms with Crippen LogP contribution in [0.4, 0.5) is 11.4 Å². The Bertz CT molecular complexity index is 1190. The first-order valence-electron chi connectivity index (χ1n) is 10.7. The largest absolute Gasteiger partial charge is 0.423 e. The Balaban J connectivity index is 1.70. The molecule has 0 unspecified atom stereocenters. The van der Waals surface area contributed by atoms with Crippen LogP contribution in [-0.4, -0.2) is 30.6 Å². The fourth-order valence-corrected chi connectivity index (χ4v) is 3.69. The van der Waals surface area contributed by atoms with Gasteiger partial charge in [0.1, 0.15) is 11.3 Å². The van der Waals surface area contributed by atoms with Crippen LogP contribution in [0.3, 0.4) is 0 Å². The molecular weight excluding hydrogens is 400 g/mol. The Kier molecular flexibility index (Phi) is 6.26. The third-order valence-corrected chi connectivity index (χ3v) is 5.37. The van der Waals surface area contributed by atoms with Gasteiger partial charge < -0.3 is 9.64 Å². The van der Waals surface area contributed by atoms with Gasteiger partial charge in [0.05, 0.1) is 11.4 Å². The molecule has 3 aromatic carbocycles. The third-order valence-electron chi connectivity index (χ3n) is 5.37. The quantitative estimate of drug-likeness (QED) is 0.303. The lowest BCUT2D eigenvalue weighted by atomic mass is 9.89. The minimum Gasteiger partial charge on any atom is -0.423 e. The number of carbonyl (C=O) groups excluding carboxylic acids is 2. The molecule has 0 saturated carbocycles. The number of nitrogens with zero attached hydrogens (tertiary/aromatic N) is 2. The van der Waals surface area contributed by atoms with Crippen molar-refractivity contribution in [2.75, 3.05) is 18.0 Å². The van der Waals surface area contributed by atoms with E-state index in [1.165, 1.54) is 6.08 Å². The minimum atomic E-state index is -0.694. The number of para-hydroxylation sites is 1. The Morgan fingerprint density at radius 1 is 0.844 bits per heavy atom. The molecule has 32 heavy (non-hydrogen) atoms. The maximum absolute atomic E-state index is 13.0. The van der Waals surface area contributed by atoms with Gasteiger partial charge in [0.15, 0.2) is 0 Å². The molecule has 0 spiro atoms. The molecule has 5 nitrogen and oxygen atoms in total. The van der Waals surface area contributed by atoms with Crippen molar-refractivity contribution < 1.29 is 14.3 Å². The fraction of sp³-hybridized carbons (Fsp3) is 0.148. The number of anilines is 1. The number of benzene rings is 3. The molecule has 1 aliphatic rings. The fourth-order valence-electron chi connectivity index (χ4n) is 3.69. The summed E-state index contributed by atoms with van der Waals surface area (Å²) in [6, 6.07) is 23.8. The van der Waals surface area contributed by atoms with E-state index >= 15 is 0 Å². The lowest BCUT2D eigenvalue weighted by Crippen LogP contribution is -2.25. The lowest BCUT2D eigenvalue weighted by molar-refractivity contribution is -0.129. The molecule has 0 fully saturated rings. The van der Waals surface area contributed by atoms with E-state index in [2.05, 4.69) is 18.7 Å².